The van der Waals surface area contributed by atoms with Crippen LogP contribution in [0.5, 0.6) is 0 Å². The van der Waals surface area contributed by atoms with Crippen molar-refractivity contribution in [1.82, 2.24) is 14.9 Å². The van der Waals surface area contributed by atoms with Gasteiger partial charge >= 0.3 is 0 Å². The largest absolute Gasteiger partial charge is 0.444 e. The summed E-state index contributed by atoms with van der Waals surface area (Å²) in [5.74, 6) is 3.39. The van der Waals surface area contributed by atoms with E-state index >= 15 is 0 Å². The molecule has 1 fully saturated rings. The number of oxazole rings is 1. The molecule has 1 unspecified atom stereocenters. The second-order valence-corrected chi connectivity index (χ2v) is 6.24. The van der Waals surface area contributed by atoms with Crippen LogP contribution in [-0.2, 0) is 6.54 Å². The van der Waals surface area contributed by atoms with Gasteiger partial charge in [-0.3, -0.25) is 4.90 Å². The average molecular weight is 300 g/mol. The van der Waals surface area contributed by atoms with Crippen molar-refractivity contribution in [1.29, 1.82) is 0 Å². The molecule has 0 bridgehead atoms. The molecule has 0 aliphatic carbocycles. The van der Waals surface area contributed by atoms with E-state index in [9.17, 15) is 0 Å². The van der Waals surface area contributed by atoms with E-state index in [1.807, 2.05) is 26.1 Å². The first kappa shape index (κ1) is 15.0. The highest BCUT2D eigenvalue weighted by atomic mass is 16.4. The summed E-state index contributed by atoms with van der Waals surface area (Å²) in [6.07, 6.45) is 3.06. The Hall–Kier alpha value is -1.88. The summed E-state index contributed by atoms with van der Waals surface area (Å²) in [4.78, 5) is 11.2. The van der Waals surface area contributed by atoms with E-state index in [1.54, 1.807) is 0 Å². The minimum absolute atomic E-state index is 0.652. The van der Waals surface area contributed by atoms with Crippen LogP contribution >= 0.6 is 0 Å². The van der Waals surface area contributed by atoms with Crippen LogP contribution in [0.4, 0.5) is 5.82 Å². The number of nitrogens with one attached hydrogen (secondary N) is 1. The van der Waals surface area contributed by atoms with Gasteiger partial charge in [0.1, 0.15) is 11.6 Å². The molecule has 0 aromatic carbocycles. The first-order chi connectivity index (χ1) is 10.6. The minimum Gasteiger partial charge on any atom is -0.444 e. The maximum atomic E-state index is 5.68. The number of nitrogens with zero attached hydrogens (tertiary/aromatic N) is 3. The van der Waals surface area contributed by atoms with Crippen LogP contribution < -0.4 is 5.32 Å². The lowest BCUT2D eigenvalue weighted by molar-refractivity contribution is 0.279. The van der Waals surface area contributed by atoms with E-state index in [2.05, 4.69) is 33.2 Å². The molecule has 0 spiro atoms. The zero-order chi connectivity index (χ0) is 15.5. The van der Waals surface area contributed by atoms with Crippen LogP contribution in [0.2, 0.25) is 0 Å². The summed E-state index contributed by atoms with van der Waals surface area (Å²) < 4.78 is 5.68. The summed E-state index contributed by atoms with van der Waals surface area (Å²) >= 11 is 0. The Morgan fingerprint density at radius 2 is 2.23 bits per heavy atom. The maximum absolute atomic E-state index is 5.68. The van der Waals surface area contributed by atoms with Crippen molar-refractivity contribution in [2.45, 2.75) is 33.7 Å². The molecule has 5 nitrogen and oxygen atoms in total. The van der Waals surface area contributed by atoms with E-state index in [0.29, 0.717) is 5.92 Å². The summed E-state index contributed by atoms with van der Waals surface area (Å²) in [7, 11) is 0. The standard InChI is InChI=1S/C17H24N4O/c1-12-4-6-18-16(8-12)19-9-15-5-7-21(10-15)11-17-20-13(2)14(3)22-17/h4,6,8,15H,5,7,9-11H2,1-3H3,(H,18,19). The van der Waals surface area contributed by atoms with Crippen molar-refractivity contribution >= 4 is 5.82 Å². The quantitative estimate of drug-likeness (QED) is 0.920. The van der Waals surface area contributed by atoms with E-state index in [-0.39, 0.29) is 0 Å². The van der Waals surface area contributed by atoms with Crippen LogP contribution in [-0.4, -0.2) is 34.5 Å². The molecule has 1 saturated heterocycles. The highest BCUT2D eigenvalue weighted by molar-refractivity contribution is 5.36. The lowest BCUT2D eigenvalue weighted by Gasteiger charge is -2.14. The summed E-state index contributed by atoms with van der Waals surface area (Å²) in [5.41, 5.74) is 2.23. The number of hydrogen-bond acceptors (Lipinski definition) is 5. The molecule has 1 atom stereocenters. The number of pyridine rings is 1. The number of anilines is 1. The average Bonchev–Trinajstić information content (AvgIpc) is 3.04. The molecule has 22 heavy (non-hydrogen) atoms. The highest BCUT2D eigenvalue weighted by Gasteiger charge is 2.23. The predicted molar refractivity (Wildman–Crippen MR) is 86.8 cm³/mol. The van der Waals surface area contributed by atoms with E-state index < -0.39 is 0 Å². The monoisotopic (exact) mass is 300 g/mol. The second-order valence-electron chi connectivity index (χ2n) is 6.24. The zero-order valence-corrected chi connectivity index (χ0v) is 13.6. The number of likely N-dealkylation sites (tertiary alicyclic amines) is 1. The van der Waals surface area contributed by atoms with Gasteiger partial charge in [-0.1, -0.05) is 0 Å². The van der Waals surface area contributed by atoms with Gasteiger partial charge in [0.25, 0.3) is 0 Å². The zero-order valence-electron chi connectivity index (χ0n) is 13.6. The van der Waals surface area contributed by atoms with Gasteiger partial charge in [0.2, 0.25) is 5.89 Å². The van der Waals surface area contributed by atoms with Gasteiger partial charge in [-0.25, -0.2) is 9.97 Å². The van der Waals surface area contributed by atoms with Gasteiger partial charge in [0.15, 0.2) is 0 Å². The normalized spacial score (nSPS) is 18.8. The van der Waals surface area contributed by atoms with Gasteiger partial charge in [-0.15, -0.1) is 0 Å². The molecule has 1 aliphatic heterocycles. The first-order valence-electron chi connectivity index (χ1n) is 7.92. The third-order valence-electron chi connectivity index (χ3n) is 4.29. The fourth-order valence-corrected chi connectivity index (χ4v) is 2.90. The fourth-order valence-electron chi connectivity index (χ4n) is 2.90. The first-order valence-corrected chi connectivity index (χ1v) is 7.92. The van der Waals surface area contributed by atoms with Gasteiger partial charge in [-0.2, -0.15) is 0 Å². The fraction of sp³-hybridized carbons (Fsp3) is 0.529. The lowest BCUT2D eigenvalue weighted by Crippen LogP contribution is -2.23. The van der Waals surface area contributed by atoms with Crippen LogP contribution in [0.15, 0.2) is 22.7 Å². The third kappa shape index (κ3) is 3.65. The van der Waals surface area contributed by atoms with Gasteiger partial charge < -0.3 is 9.73 Å². The number of hydrogen-bond donors (Lipinski definition) is 1. The molecule has 1 N–H and O–H groups in total. The molecule has 1 aliphatic rings. The summed E-state index contributed by atoms with van der Waals surface area (Å²) in [5, 5.41) is 3.45. The Morgan fingerprint density at radius 1 is 1.36 bits per heavy atom. The molecule has 118 valence electrons. The third-order valence-corrected chi connectivity index (χ3v) is 4.29. The molecule has 2 aromatic rings. The number of aromatic nitrogens is 2. The van der Waals surface area contributed by atoms with Crippen molar-refractivity contribution in [2.75, 3.05) is 25.0 Å². The molecule has 0 amide bonds. The topological polar surface area (TPSA) is 54.2 Å². The van der Waals surface area contributed by atoms with Crippen molar-refractivity contribution in [3.05, 3.63) is 41.2 Å². The SMILES string of the molecule is Cc1ccnc(NCC2CCN(Cc3nc(C)c(C)o3)C2)c1. The van der Waals surface area contributed by atoms with Crippen molar-refractivity contribution in [2.24, 2.45) is 5.92 Å². The Morgan fingerprint density at radius 3 is 2.95 bits per heavy atom. The lowest BCUT2D eigenvalue weighted by atomic mass is 10.1. The number of rotatable bonds is 5. The second kappa shape index (κ2) is 6.48. The molecule has 0 saturated carbocycles. The van der Waals surface area contributed by atoms with E-state index in [4.69, 9.17) is 4.42 Å². The predicted octanol–water partition coefficient (Wildman–Crippen LogP) is 2.93. The summed E-state index contributed by atoms with van der Waals surface area (Å²) in [6, 6.07) is 4.11. The minimum atomic E-state index is 0.652. The van der Waals surface area contributed by atoms with Crippen molar-refractivity contribution in [3.63, 3.8) is 0 Å². The Kier molecular flexibility index (Phi) is 4.43. The van der Waals surface area contributed by atoms with Crippen molar-refractivity contribution in [3.8, 4) is 0 Å². The molecular formula is C17H24N4O. The maximum Gasteiger partial charge on any atom is 0.208 e. The van der Waals surface area contributed by atoms with Crippen LogP contribution in [0.1, 0.15) is 29.3 Å². The Balaban J connectivity index is 1.48. The molecule has 2 aromatic heterocycles. The van der Waals surface area contributed by atoms with Crippen LogP contribution in [0.25, 0.3) is 0 Å². The van der Waals surface area contributed by atoms with E-state index in [0.717, 1.165) is 49.3 Å². The number of aryl methyl sites for hydroxylation is 3. The summed E-state index contributed by atoms with van der Waals surface area (Å²) in [6.45, 7) is 10.0. The van der Waals surface area contributed by atoms with Gasteiger partial charge in [0, 0.05) is 19.3 Å². The highest BCUT2D eigenvalue weighted by Crippen LogP contribution is 2.20. The molecule has 5 heteroatoms. The molecular weight excluding hydrogens is 276 g/mol. The van der Waals surface area contributed by atoms with Crippen LogP contribution in [0, 0.1) is 26.7 Å². The Labute approximate surface area is 131 Å². The smallest absolute Gasteiger partial charge is 0.208 e. The van der Waals surface area contributed by atoms with Crippen LogP contribution in [0.3, 0.4) is 0 Å². The molecule has 3 heterocycles. The van der Waals surface area contributed by atoms with E-state index in [1.165, 1.54) is 12.0 Å². The molecule has 0 radical (unpaired) electrons. The van der Waals surface area contributed by atoms with Gasteiger partial charge in [-0.05, 0) is 57.4 Å². The Bertz CT molecular complexity index is 618. The van der Waals surface area contributed by atoms with Crippen molar-refractivity contribution < 1.29 is 4.42 Å². The molecule has 3 rings (SSSR count). The van der Waals surface area contributed by atoms with Gasteiger partial charge in [0.05, 0.1) is 12.2 Å².